The van der Waals surface area contributed by atoms with E-state index < -0.39 is 0 Å². The van der Waals surface area contributed by atoms with Crippen LogP contribution in [0.2, 0.25) is 0 Å². The minimum absolute atomic E-state index is 0.811. The van der Waals surface area contributed by atoms with Crippen molar-refractivity contribution in [1.82, 2.24) is 0 Å². The molecule has 3 nitrogen and oxygen atoms in total. The summed E-state index contributed by atoms with van der Waals surface area (Å²) in [6, 6.07) is 80.1. The van der Waals surface area contributed by atoms with E-state index in [0.717, 1.165) is 77.6 Å². The molecule has 0 N–H and O–H groups in total. The van der Waals surface area contributed by atoms with Gasteiger partial charge in [0, 0.05) is 53.3 Å². The summed E-state index contributed by atoms with van der Waals surface area (Å²) >= 11 is 1.86. The van der Waals surface area contributed by atoms with Gasteiger partial charge in [-0.15, -0.1) is 11.3 Å². The maximum absolute atomic E-state index is 7.09. The minimum atomic E-state index is 0.811. The fraction of sp³-hybridized carbons (Fsp3) is 0. The number of nitrogens with zero attached hydrogens (tertiary/aromatic N) is 1. The van der Waals surface area contributed by atoms with E-state index in [1.807, 2.05) is 17.4 Å². The Morgan fingerprint density at radius 2 is 0.891 bits per heavy atom. The molecule has 0 saturated carbocycles. The van der Waals surface area contributed by atoms with Gasteiger partial charge in [-0.05, 0) is 93.5 Å². The summed E-state index contributed by atoms with van der Waals surface area (Å²) < 4.78 is 16.4. The van der Waals surface area contributed by atoms with Gasteiger partial charge in [-0.25, -0.2) is 0 Å². The van der Waals surface area contributed by atoms with Gasteiger partial charge in [0.05, 0.1) is 11.1 Å². The summed E-state index contributed by atoms with van der Waals surface area (Å²) in [5, 5.41) is 6.73. The van der Waals surface area contributed by atoms with E-state index in [9.17, 15) is 0 Å². The molecular formula is C60H37NO2S. The molecule has 0 saturated heterocycles. The molecule has 4 heteroatoms. The molecule has 3 aromatic heterocycles. The first-order chi connectivity index (χ1) is 31.7. The van der Waals surface area contributed by atoms with E-state index in [2.05, 4.69) is 223 Å². The molecule has 64 heavy (non-hydrogen) atoms. The molecule has 0 amide bonds. The second kappa shape index (κ2) is 14.7. The van der Waals surface area contributed by atoms with Crippen molar-refractivity contribution in [2.45, 2.75) is 0 Å². The molecule has 0 aliphatic carbocycles. The van der Waals surface area contributed by atoms with Gasteiger partial charge in [-0.1, -0.05) is 170 Å². The molecule has 3 heterocycles. The lowest BCUT2D eigenvalue weighted by molar-refractivity contribution is 0.664. The second-order valence-electron chi connectivity index (χ2n) is 16.4. The smallest absolute Gasteiger partial charge is 0.144 e. The van der Waals surface area contributed by atoms with E-state index in [4.69, 9.17) is 8.83 Å². The molecule has 0 spiro atoms. The number of furan rings is 2. The van der Waals surface area contributed by atoms with Gasteiger partial charge in [0.2, 0.25) is 0 Å². The van der Waals surface area contributed by atoms with Crippen molar-refractivity contribution in [3.8, 4) is 44.5 Å². The maximum atomic E-state index is 7.09. The maximum Gasteiger partial charge on any atom is 0.144 e. The van der Waals surface area contributed by atoms with Gasteiger partial charge in [-0.2, -0.15) is 0 Å². The van der Waals surface area contributed by atoms with Crippen molar-refractivity contribution in [1.29, 1.82) is 0 Å². The molecule has 10 aromatic carbocycles. The largest absolute Gasteiger partial charge is 0.456 e. The van der Waals surface area contributed by atoms with Crippen molar-refractivity contribution in [3.05, 3.63) is 224 Å². The Balaban J connectivity index is 1.02. The summed E-state index contributed by atoms with van der Waals surface area (Å²) in [5.74, 6) is 0. The van der Waals surface area contributed by atoms with Gasteiger partial charge in [0.25, 0.3) is 0 Å². The second-order valence-corrected chi connectivity index (χ2v) is 17.4. The SMILES string of the molecule is c1ccc(-c2ccc(-c3c4oc5cccc(N(c6ccc(-c7ccccc7)cc6)c6ccc(-c7cccc8c7sc7ccccc78)cc6)c5c4cc4oc5ccccc5c34)cc2)cc1. The summed E-state index contributed by atoms with van der Waals surface area (Å²) in [6.07, 6.45) is 0. The highest BCUT2D eigenvalue weighted by Gasteiger charge is 2.25. The lowest BCUT2D eigenvalue weighted by atomic mass is 9.94. The van der Waals surface area contributed by atoms with Crippen LogP contribution in [0, 0.1) is 0 Å². The van der Waals surface area contributed by atoms with Crippen molar-refractivity contribution < 1.29 is 8.83 Å². The number of rotatable bonds is 7. The van der Waals surface area contributed by atoms with E-state index in [1.165, 1.54) is 48.0 Å². The average Bonchev–Trinajstić information content (AvgIpc) is 4.06. The van der Waals surface area contributed by atoms with Crippen LogP contribution in [0.25, 0.3) is 109 Å². The molecule has 13 rings (SSSR count). The molecule has 0 bridgehead atoms. The Bertz CT molecular complexity index is 3860. The molecule has 0 aliphatic heterocycles. The Hall–Kier alpha value is -8.18. The monoisotopic (exact) mass is 835 g/mol. The fourth-order valence-corrected chi connectivity index (χ4v) is 10.9. The number of benzene rings is 10. The van der Waals surface area contributed by atoms with Gasteiger partial charge < -0.3 is 13.7 Å². The minimum Gasteiger partial charge on any atom is -0.456 e. The van der Waals surface area contributed by atoms with Gasteiger partial charge in [0.15, 0.2) is 0 Å². The zero-order valence-corrected chi connectivity index (χ0v) is 35.4. The molecule has 0 fully saturated rings. The molecule has 300 valence electrons. The Kier molecular flexibility index (Phi) is 8.40. The van der Waals surface area contributed by atoms with Crippen molar-refractivity contribution >= 4 is 92.4 Å². The topological polar surface area (TPSA) is 29.5 Å². The van der Waals surface area contributed by atoms with Crippen LogP contribution in [0.5, 0.6) is 0 Å². The average molecular weight is 836 g/mol. The lowest BCUT2D eigenvalue weighted by Gasteiger charge is -2.26. The van der Waals surface area contributed by atoms with Crippen LogP contribution in [0.1, 0.15) is 0 Å². The highest BCUT2D eigenvalue weighted by molar-refractivity contribution is 7.26. The van der Waals surface area contributed by atoms with Crippen LogP contribution in [0.3, 0.4) is 0 Å². The number of hydrogen-bond donors (Lipinski definition) is 0. The van der Waals surface area contributed by atoms with Gasteiger partial charge in [0.1, 0.15) is 22.3 Å². The Labute approximate surface area is 373 Å². The third kappa shape index (κ3) is 5.88. The van der Waals surface area contributed by atoms with Gasteiger partial charge >= 0.3 is 0 Å². The number of fused-ring (bicyclic) bond motifs is 9. The van der Waals surface area contributed by atoms with Crippen LogP contribution >= 0.6 is 11.3 Å². The third-order valence-electron chi connectivity index (χ3n) is 12.7. The summed E-state index contributed by atoms with van der Waals surface area (Å²) in [7, 11) is 0. The van der Waals surface area contributed by atoms with E-state index >= 15 is 0 Å². The first-order valence-corrected chi connectivity index (χ1v) is 22.5. The van der Waals surface area contributed by atoms with Crippen LogP contribution in [0.15, 0.2) is 233 Å². The summed E-state index contributed by atoms with van der Waals surface area (Å²) in [5.41, 5.74) is 15.6. The van der Waals surface area contributed by atoms with E-state index in [0.29, 0.717) is 0 Å². The van der Waals surface area contributed by atoms with E-state index in [1.54, 1.807) is 0 Å². The van der Waals surface area contributed by atoms with Crippen LogP contribution < -0.4 is 4.90 Å². The third-order valence-corrected chi connectivity index (χ3v) is 13.9. The van der Waals surface area contributed by atoms with E-state index in [-0.39, 0.29) is 0 Å². The van der Waals surface area contributed by atoms with Crippen LogP contribution in [0.4, 0.5) is 17.1 Å². The molecular weight excluding hydrogens is 799 g/mol. The fourth-order valence-electron chi connectivity index (χ4n) is 9.69. The predicted molar refractivity (Wildman–Crippen MR) is 270 cm³/mol. The number of hydrogen-bond acceptors (Lipinski definition) is 4. The summed E-state index contributed by atoms with van der Waals surface area (Å²) in [6.45, 7) is 0. The van der Waals surface area contributed by atoms with Crippen LogP contribution in [-0.2, 0) is 0 Å². The Morgan fingerprint density at radius 1 is 0.344 bits per heavy atom. The molecule has 13 aromatic rings. The quantitative estimate of drug-likeness (QED) is 0.160. The number of para-hydroxylation sites is 1. The standard InChI is InChI=1S/C60H37NO2S/c1-3-13-38(14-4-1)40-25-27-43(28-26-40)56-58-49-18-7-9-22-52(49)62-54(58)37-50-57-51(21-12-23-53(57)63-59(50)56)61(44-33-29-41(30-34-44)39-15-5-2-6-16-39)45-35-31-42(32-36-45)46-19-11-20-48-47-17-8-10-24-55(47)64-60(46)48/h1-37H. The van der Waals surface area contributed by atoms with Crippen molar-refractivity contribution in [2.24, 2.45) is 0 Å². The first kappa shape index (κ1) is 36.5. The molecule has 0 unspecified atom stereocenters. The predicted octanol–water partition coefficient (Wildman–Crippen LogP) is 18.0. The highest BCUT2D eigenvalue weighted by Crippen LogP contribution is 2.49. The highest BCUT2D eigenvalue weighted by atomic mass is 32.1. The molecule has 0 radical (unpaired) electrons. The Morgan fingerprint density at radius 3 is 1.61 bits per heavy atom. The zero-order chi connectivity index (χ0) is 42.1. The van der Waals surface area contributed by atoms with Gasteiger partial charge in [-0.3, -0.25) is 0 Å². The number of anilines is 3. The lowest BCUT2D eigenvalue weighted by Crippen LogP contribution is -2.10. The zero-order valence-electron chi connectivity index (χ0n) is 34.5. The first-order valence-electron chi connectivity index (χ1n) is 21.7. The molecule has 0 aliphatic rings. The molecule has 0 atom stereocenters. The van der Waals surface area contributed by atoms with Crippen molar-refractivity contribution in [2.75, 3.05) is 4.90 Å². The van der Waals surface area contributed by atoms with Crippen molar-refractivity contribution in [3.63, 3.8) is 0 Å². The van der Waals surface area contributed by atoms with Crippen LogP contribution in [-0.4, -0.2) is 0 Å². The normalized spacial score (nSPS) is 11.8. The summed E-state index contributed by atoms with van der Waals surface area (Å²) in [4.78, 5) is 2.37. The number of thiophene rings is 1.